The van der Waals surface area contributed by atoms with E-state index in [1.54, 1.807) is 0 Å². The Morgan fingerprint density at radius 3 is 1.88 bits per heavy atom. The summed E-state index contributed by atoms with van der Waals surface area (Å²) in [7, 11) is 0. The van der Waals surface area contributed by atoms with E-state index in [4.69, 9.17) is 0 Å². The van der Waals surface area contributed by atoms with Crippen LogP contribution in [0.25, 0.3) is 0 Å². The Morgan fingerprint density at radius 1 is 0.647 bits per heavy atom. The summed E-state index contributed by atoms with van der Waals surface area (Å²) in [6.07, 6.45) is 0. The lowest BCUT2D eigenvalue weighted by molar-refractivity contribution is 1.33. The van der Waals surface area contributed by atoms with Crippen LogP contribution in [0.3, 0.4) is 0 Å². The molecule has 0 amide bonds. The highest BCUT2D eigenvalue weighted by molar-refractivity contribution is 5.45. The van der Waals surface area contributed by atoms with Gasteiger partial charge in [-0.2, -0.15) is 0 Å². The van der Waals surface area contributed by atoms with Crippen LogP contribution in [0.15, 0.2) is 42.5 Å². The van der Waals surface area contributed by atoms with E-state index in [0.29, 0.717) is 0 Å². The van der Waals surface area contributed by atoms with E-state index in [1.165, 1.54) is 16.7 Å². The third-order valence-electron chi connectivity index (χ3n) is 2.91. The number of benzene rings is 2. The van der Waals surface area contributed by atoms with Crippen molar-refractivity contribution in [2.75, 3.05) is 0 Å². The van der Waals surface area contributed by atoms with Crippen LogP contribution in [0.4, 0.5) is 0 Å². The van der Waals surface area contributed by atoms with Crippen molar-refractivity contribution < 1.29 is 0 Å². The van der Waals surface area contributed by atoms with E-state index in [2.05, 4.69) is 75.1 Å². The smallest absolute Gasteiger partial charge is 0.0251 e. The van der Waals surface area contributed by atoms with E-state index >= 15 is 0 Å². The van der Waals surface area contributed by atoms with Gasteiger partial charge in [0, 0.05) is 11.1 Å². The van der Waals surface area contributed by atoms with Gasteiger partial charge in [0.15, 0.2) is 0 Å². The topological polar surface area (TPSA) is 0 Å². The highest BCUT2D eigenvalue weighted by Gasteiger charge is 1.92. The first-order valence-electron chi connectivity index (χ1n) is 5.81. The summed E-state index contributed by atoms with van der Waals surface area (Å²) in [5.74, 6) is 6.38. The third-order valence-corrected chi connectivity index (χ3v) is 2.91. The maximum Gasteiger partial charge on any atom is 0.0251 e. The zero-order valence-electron chi connectivity index (χ0n) is 10.5. The monoisotopic (exact) mass is 220 g/mol. The molecule has 0 heterocycles. The minimum absolute atomic E-state index is 1.06. The Hall–Kier alpha value is -2.00. The van der Waals surface area contributed by atoms with E-state index < -0.39 is 0 Å². The fourth-order valence-corrected chi connectivity index (χ4v) is 1.60. The van der Waals surface area contributed by atoms with Gasteiger partial charge in [-0.25, -0.2) is 0 Å². The molecule has 17 heavy (non-hydrogen) atoms. The van der Waals surface area contributed by atoms with Crippen molar-refractivity contribution in [3.05, 3.63) is 70.3 Å². The first-order chi connectivity index (χ1) is 8.15. The summed E-state index contributed by atoms with van der Waals surface area (Å²) in [6.45, 7) is 6.32. The Kier molecular flexibility index (Phi) is 3.30. The third kappa shape index (κ3) is 2.98. The summed E-state index contributed by atoms with van der Waals surface area (Å²) < 4.78 is 0. The lowest BCUT2D eigenvalue weighted by Crippen LogP contribution is -1.82. The van der Waals surface area contributed by atoms with Crippen molar-refractivity contribution in [1.29, 1.82) is 0 Å². The fourth-order valence-electron chi connectivity index (χ4n) is 1.60. The predicted molar refractivity (Wildman–Crippen MR) is 73.1 cm³/mol. The highest BCUT2D eigenvalue weighted by atomic mass is 14.0. The summed E-state index contributed by atoms with van der Waals surface area (Å²) in [5, 5.41) is 0. The first-order valence-corrected chi connectivity index (χ1v) is 5.81. The molecule has 0 aliphatic carbocycles. The maximum absolute atomic E-state index is 3.20. The molecule has 0 saturated carbocycles. The van der Waals surface area contributed by atoms with Gasteiger partial charge in [-0.05, 0) is 56.2 Å². The fraction of sp³-hybridized carbons (Fsp3) is 0.176. The van der Waals surface area contributed by atoms with Crippen molar-refractivity contribution in [2.24, 2.45) is 0 Å². The summed E-state index contributed by atoms with van der Waals surface area (Å²) in [5.41, 5.74) is 6.01. The Balaban J connectivity index is 2.26. The molecule has 0 bridgehead atoms. The SMILES string of the molecule is Cc1ccc(C#Cc2ccc(C)c(C)c2)cc1. The molecule has 84 valence electrons. The number of hydrogen-bond donors (Lipinski definition) is 0. The van der Waals surface area contributed by atoms with Crippen LogP contribution in [0.1, 0.15) is 27.8 Å². The predicted octanol–water partition coefficient (Wildman–Crippen LogP) is 4.01. The number of aryl methyl sites for hydroxylation is 3. The van der Waals surface area contributed by atoms with Crippen LogP contribution in [-0.4, -0.2) is 0 Å². The van der Waals surface area contributed by atoms with Crippen molar-refractivity contribution >= 4 is 0 Å². The number of hydrogen-bond acceptors (Lipinski definition) is 0. The van der Waals surface area contributed by atoms with Crippen molar-refractivity contribution in [1.82, 2.24) is 0 Å². The lowest BCUT2D eigenvalue weighted by atomic mass is 10.1. The molecule has 2 aromatic carbocycles. The molecule has 0 radical (unpaired) electrons. The second-order valence-corrected chi connectivity index (χ2v) is 4.42. The van der Waals surface area contributed by atoms with Crippen LogP contribution in [0, 0.1) is 32.6 Å². The standard InChI is InChI=1S/C17H16/c1-13-4-7-16(8-5-13)10-11-17-9-6-14(2)15(3)12-17/h4-9,12H,1-3H3. The van der Waals surface area contributed by atoms with Crippen LogP contribution >= 0.6 is 0 Å². The second-order valence-electron chi connectivity index (χ2n) is 4.42. The highest BCUT2D eigenvalue weighted by Crippen LogP contribution is 2.09. The van der Waals surface area contributed by atoms with Gasteiger partial charge in [0.05, 0.1) is 0 Å². The van der Waals surface area contributed by atoms with Crippen LogP contribution in [0.5, 0.6) is 0 Å². The minimum Gasteiger partial charge on any atom is -0.0617 e. The van der Waals surface area contributed by atoms with E-state index in [9.17, 15) is 0 Å². The molecular formula is C17H16. The molecule has 0 N–H and O–H groups in total. The molecule has 0 aromatic heterocycles. The quantitative estimate of drug-likeness (QED) is 0.588. The lowest BCUT2D eigenvalue weighted by Gasteiger charge is -1.98. The van der Waals surface area contributed by atoms with Gasteiger partial charge >= 0.3 is 0 Å². The molecule has 0 atom stereocenters. The maximum atomic E-state index is 3.20. The summed E-state index contributed by atoms with van der Waals surface area (Å²) in [6, 6.07) is 14.6. The van der Waals surface area contributed by atoms with Gasteiger partial charge in [-0.3, -0.25) is 0 Å². The minimum atomic E-state index is 1.06. The second kappa shape index (κ2) is 4.89. The zero-order chi connectivity index (χ0) is 12.3. The molecule has 0 unspecified atom stereocenters. The molecular weight excluding hydrogens is 204 g/mol. The summed E-state index contributed by atoms with van der Waals surface area (Å²) >= 11 is 0. The molecule has 0 aliphatic heterocycles. The average molecular weight is 220 g/mol. The molecule has 0 nitrogen and oxygen atoms in total. The average Bonchev–Trinajstić information content (AvgIpc) is 2.33. The molecule has 0 aliphatic rings. The Morgan fingerprint density at radius 2 is 1.24 bits per heavy atom. The van der Waals surface area contributed by atoms with E-state index in [-0.39, 0.29) is 0 Å². The van der Waals surface area contributed by atoms with Gasteiger partial charge in [-0.1, -0.05) is 35.6 Å². The van der Waals surface area contributed by atoms with E-state index in [1.807, 2.05) is 0 Å². The van der Waals surface area contributed by atoms with Gasteiger partial charge in [0.2, 0.25) is 0 Å². The van der Waals surface area contributed by atoms with Crippen LogP contribution < -0.4 is 0 Å². The molecule has 0 saturated heterocycles. The van der Waals surface area contributed by atoms with Gasteiger partial charge in [-0.15, -0.1) is 0 Å². The first kappa shape index (κ1) is 11.5. The van der Waals surface area contributed by atoms with Crippen molar-refractivity contribution in [3.8, 4) is 11.8 Å². The Bertz CT molecular complexity index is 578. The normalized spacial score (nSPS) is 9.59. The summed E-state index contributed by atoms with van der Waals surface area (Å²) in [4.78, 5) is 0. The largest absolute Gasteiger partial charge is 0.0617 e. The molecule has 2 aromatic rings. The van der Waals surface area contributed by atoms with E-state index in [0.717, 1.165) is 11.1 Å². The molecule has 0 fully saturated rings. The zero-order valence-corrected chi connectivity index (χ0v) is 10.5. The number of rotatable bonds is 0. The van der Waals surface area contributed by atoms with Gasteiger partial charge in [0.1, 0.15) is 0 Å². The van der Waals surface area contributed by atoms with Gasteiger partial charge in [0.25, 0.3) is 0 Å². The molecule has 2 rings (SSSR count). The van der Waals surface area contributed by atoms with Crippen molar-refractivity contribution in [2.45, 2.75) is 20.8 Å². The molecule has 0 spiro atoms. The van der Waals surface area contributed by atoms with Crippen LogP contribution in [-0.2, 0) is 0 Å². The molecule has 0 heteroatoms. The van der Waals surface area contributed by atoms with Crippen molar-refractivity contribution in [3.63, 3.8) is 0 Å². The van der Waals surface area contributed by atoms with Crippen LogP contribution in [0.2, 0.25) is 0 Å². The van der Waals surface area contributed by atoms with Gasteiger partial charge < -0.3 is 0 Å². The Labute approximate surface area is 103 Å².